The highest BCUT2D eigenvalue weighted by Crippen LogP contribution is 2.53. The number of nitrogens with one attached hydrogen (secondary N) is 2. The summed E-state index contributed by atoms with van der Waals surface area (Å²) in [5.41, 5.74) is 1.57. The number of aromatic nitrogens is 1. The molecule has 0 bridgehead atoms. The van der Waals surface area contributed by atoms with Crippen molar-refractivity contribution in [2.45, 2.75) is 21.1 Å². The topological polar surface area (TPSA) is 169 Å². The number of amides is 3. The third-order valence-corrected chi connectivity index (χ3v) is 10.8. The van der Waals surface area contributed by atoms with E-state index in [0.717, 1.165) is 21.4 Å². The summed E-state index contributed by atoms with van der Waals surface area (Å²) in [6.07, 6.45) is 0. The van der Waals surface area contributed by atoms with E-state index in [1.165, 1.54) is 40.9 Å². The van der Waals surface area contributed by atoms with Crippen LogP contribution in [0.4, 0.5) is 11.4 Å². The van der Waals surface area contributed by atoms with Crippen LogP contribution in [-0.2, 0) is 24.4 Å². The first-order valence-corrected chi connectivity index (χ1v) is 16.7. The summed E-state index contributed by atoms with van der Waals surface area (Å²) >= 11 is 5.60. The summed E-state index contributed by atoms with van der Waals surface area (Å²) in [6, 6.07) is 19.2. The van der Waals surface area contributed by atoms with Crippen LogP contribution in [0.5, 0.6) is 5.75 Å². The predicted octanol–water partition coefficient (Wildman–Crippen LogP) is 3.66. The fraction of sp³-hybridized carbons (Fsp3) is 0.143. The molecule has 43 heavy (non-hydrogen) atoms. The number of carbonyl (C=O) groups is 3. The van der Waals surface area contributed by atoms with Crippen molar-refractivity contribution in [1.82, 2.24) is 4.98 Å². The molecule has 3 heterocycles. The van der Waals surface area contributed by atoms with E-state index in [-0.39, 0.29) is 28.2 Å². The lowest BCUT2D eigenvalue weighted by molar-refractivity contribution is -0.122. The molecule has 2 aliphatic heterocycles. The van der Waals surface area contributed by atoms with Gasteiger partial charge in [-0.25, -0.2) is 18.5 Å². The number of thiazole rings is 1. The number of H-pyrrole nitrogens is 1. The highest BCUT2D eigenvalue weighted by atomic mass is 79.9. The number of fused-ring (bicyclic) bond motifs is 2. The number of thioether (sulfide) groups is 1. The largest absolute Gasteiger partial charge is 0.484 e. The van der Waals surface area contributed by atoms with Gasteiger partial charge in [0.25, 0.3) is 5.91 Å². The summed E-state index contributed by atoms with van der Waals surface area (Å²) in [4.78, 5) is 56.4. The van der Waals surface area contributed by atoms with Crippen molar-refractivity contribution in [3.8, 4) is 5.75 Å². The average molecular weight is 702 g/mol. The van der Waals surface area contributed by atoms with Gasteiger partial charge in [0.1, 0.15) is 11.0 Å². The van der Waals surface area contributed by atoms with Crippen LogP contribution in [0.3, 0.4) is 0 Å². The number of ether oxygens (including phenoxy) is 1. The van der Waals surface area contributed by atoms with E-state index in [2.05, 4.69) is 26.2 Å². The fourth-order valence-corrected chi connectivity index (χ4v) is 8.36. The Bertz CT molecular complexity index is 1910. The summed E-state index contributed by atoms with van der Waals surface area (Å²) in [7, 11) is -3.84. The number of anilines is 2. The molecule has 4 aromatic rings. The van der Waals surface area contributed by atoms with E-state index in [9.17, 15) is 27.6 Å². The van der Waals surface area contributed by atoms with Gasteiger partial charge in [-0.05, 0) is 66.2 Å². The molecule has 4 N–H and O–H groups in total. The molecule has 1 fully saturated rings. The Kier molecular flexibility index (Phi) is 7.76. The van der Waals surface area contributed by atoms with E-state index in [1.807, 2.05) is 0 Å². The highest BCUT2D eigenvalue weighted by molar-refractivity contribution is 9.10. The molecule has 11 nitrogen and oxygen atoms in total. The minimum absolute atomic E-state index is 0.0755. The molecular formula is C28H21BrN4O7S3. The first-order chi connectivity index (χ1) is 20.5. The van der Waals surface area contributed by atoms with Crippen molar-refractivity contribution in [3.63, 3.8) is 0 Å². The second kappa shape index (κ2) is 11.4. The Hall–Kier alpha value is -3.76. The molecule has 0 radical (unpaired) electrons. The van der Waals surface area contributed by atoms with Crippen LogP contribution in [0, 0.1) is 5.92 Å². The number of nitrogens with zero attached hydrogens (tertiary/aromatic N) is 1. The number of aromatic amines is 1. The van der Waals surface area contributed by atoms with Crippen LogP contribution < -0.4 is 25.0 Å². The molecule has 0 aliphatic carbocycles. The molecule has 1 saturated heterocycles. The van der Waals surface area contributed by atoms with Gasteiger partial charge in [0.05, 0.1) is 21.5 Å². The maximum atomic E-state index is 13.8. The summed E-state index contributed by atoms with van der Waals surface area (Å²) < 4.78 is 29.2. The van der Waals surface area contributed by atoms with Crippen molar-refractivity contribution in [2.75, 3.05) is 16.8 Å². The van der Waals surface area contributed by atoms with Crippen molar-refractivity contribution in [2.24, 2.45) is 11.1 Å². The Labute approximate surface area is 261 Å². The summed E-state index contributed by atoms with van der Waals surface area (Å²) in [5.74, 6) is -2.02. The Morgan fingerprint density at radius 2 is 1.65 bits per heavy atom. The van der Waals surface area contributed by atoms with Crippen molar-refractivity contribution in [3.05, 3.63) is 97.4 Å². The Balaban J connectivity index is 1.20. The van der Waals surface area contributed by atoms with E-state index in [4.69, 9.17) is 9.88 Å². The van der Waals surface area contributed by atoms with E-state index < -0.39 is 33.0 Å². The number of imide groups is 1. The molecular weight excluding hydrogens is 680 g/mol. The molecule has 15 heteroatoms. The monoisotopic (exact) mass is 700 g/mol. The van der Waals surface area contributed by atoms with Gasteiger partial charge < -0.3 is 15.0 Å². The number of hydrogen-bond donors (Lipinski definition) is 3. The van der Waals surface area contributed by atoms with Crippen LogP contribution in [0.2, 0.25) is 0 Å². The van der Waals surface area contributed by atoms with Crippen molar-refractivity contribution >= 4 is 78.1 Å². The first kappa shape index (κ1) is 29.3. The molecule has 3 aromatic carbocycles. The Morgan fingerprint density at radius 1 is 0.977 bits per heavy atom. The number of nitrogens with two attached hydrogens (primary N) is 1. The zero-order chi connectivity index (χ0) is 30.5. The molecule has 0 unspecified atom stereocenters. The smallest absolute Gasteiger partial charge is 0.305 e. The zero-order valence-electron chi connectivity index (χ0n) is 21.9. The van der Waals surface area contributed by atoms with E-state index >= 15 is 0 Å². The quantitative estimate of drug-likeness (QED) is 0.246. The maximum absolute atomic E-state index is 13.8. The second-order valence-corrected chi connectivity index (χ2v) is 14.4. The van der Waals surface area contributed by atoms with Gasteiger partial charge >= 0.3 is 4.87 Å². The van der Waals surface area contributed by atoms with E-state index in [0.29, 0.717) is 27.0 Å². The average Bonchev–Trinajstić information content (AvgIpc) is 3.46. The SMILES string of the molecule is NS(=O)(=O)c1ccc(NC(=O)COc2ccc([C@@H]3c4sc(=O)[nH]c4S[C@H]4C(=O)N(c5ccc(Br)cc5)C(=O)[C@@H]34)cc2)cc1. The van der Waals surface area contributed by atoms with Crippen LogP contribution in [0.15, 0.2) is 92.0 Å². The molecule has 0 spiro atoms. The third kappa shape index (κ3) is 5.78. The molecule has 3 amide bonds. The Morgan fingerprint density at radius 3 is 2.30 bits per heavy atom. The normalized spacial score (nSPS) is 19.6. The van der Waals surface area contributed by atoms with Gasteiger partial charge in [0, 0.05) is 21.0 Å². The minimum atomic E-state index is -3.84. The third-order valence-electron chi connectivity index (χ3n) is 6.98. The summed E-state index contributed by atoms with van der Waals surface area (Å²) in [6.45, 7) is -0.320. The fourth-order valence-electron chi connectivity index (χ4n) is 5.07. The molecule has 0 saturated carbocycles. The van der Waals surface area contributed by atoms with Crippen LogP contribution in [0.1, 0.15) is 16.4 Å². The van der Waals surface area contributed by atoms with Crippen molar-refractivity contribution < 1.29 is 27.5 Å². The van der Waals surface area contributed by atoms with Gasteiger partial charge in [-0.1, -0.05) is 51.2 Å². The molecule has 2 aliphatic rings. The number of hydrogen-bond acceptors (Lipinski definition) is 9. The second-order valence-electron chi connectivity index (χ2n) is 9.71. The highest BCUT2D eigenvalue weighted by Gasteiger charge is 2.56. The van der Waals surface area contributed by atoms with Gasteiger partial charge in [0.2, 0.25) is 21.8 Å². The predicted molar refractivity (Wildman–Crippen MR) is 165 cm³/mol. The van der Waals surface area contributed by atoms with Gasteiger partial charge in [0.15, 0.2) is 6.61 Å². The number of carbonyl (C=O) groups excluding carboxylic acids is 3. The van der Waals surface area contributed by atoms with Crippen LogP contribution in [-0.4, -0.2) is 43.0 Å². The summed E-state index contributed by atoms with van der Waals surface area (Å²) in [5, 5.41) is 7.57. The molecule has 220 valence electrons. The number of rotatable bonds is 7. The molecule has 3 atom stereocenters. The number of primary sulfonamides is 1. The maximum Gasteiger partial charge on any atom is 0.305 e. The minimum Gasteiger partial charge on any atom is -0.484 e. The molecule has 6 rings (SSSR count). The lowest BCUT2D eigenvalue weighted by Crippen LogP contribution is -2.32. The van der Waals surface area contributed by atoms with Gasteiger partial charge in [-0.15, -0.1) is 0 Å². The molecule has 1 aromatic heterocycles. The van der Waals surface area contributed by atoms with Crippen molar-refractivity contribution in [1.29, 1.82) is 0 Å². The lowest BCUT2D eigenvalue weighted by Gasteiger charge is -2.29. The van der Waals surface area contributed by atoms with E-state index in [1.54, 1.807) is 48.5 Å². The van der Waals surface area contributed by atoms with Gasteiger partial charge in [-0.2, -0.15) is 0 Å². The first-order valence-electron chi connectivity index (χ1n) is 12.7. The standard InChI is InChI=1S/C28H21BrN4O7S3/c29-15-3-7-17(8-4-15)33-26(35)22-21(23-25(32-28(37)42-23)41-24(22)27(33)36)14-1-9-18(10-2-14)40-13-20(34)31-16-5-11-19(12-6-16)43(30,38)39/h1-12,21-22,24H,13H2,(H,31,34)(H,32,37)(H2,30,38,39)/t21-,22-,24+/m0/s1. The lowest BCUT2D eigenvalue weighted by atomic mass is 9.83. The van der Waals surface area contributed by atoms with Crippen LogP contribution >= 0.6 is 39.0 Å². The zero-order valence-corrected chi connectivity index (χ0v) is 25.9. The number of benzene rings is 3. The van der Waals surface area contributed by atoms with Crippen LogP contribution in [0.25, 0.3) is 0 Å². The van der Waals surface area contributed by atoms with Gasteiger partial charge in [-0.3, -0.25) is 19.2 Å². The number of sulfonamides is 1. The number of halogens is 1.